The molecule has 0 aromatic heterocycles. The third kappa shape index (κ3) is 11.5. The topological polar surface area (TPSA) is 87.7 Å². The van der Waals surface area contributed by atoms with Gasteiger partial charge in [-0.3, -0.25) is 9.59 Å². The minimum Gasteiger partial charge on any atom is -0.444 e. The smallest absolute Gasteiger partial charge is 0.408 e. The third-order valence-corrected chi connectivity index (χ3v) is 7.55. The lowest BCUT2D eigenvalue weighted by atomic mass is 9.92. The van der Waals surface area contributed by atoms with Crippen molar-refractivity contribution in [2.75, 3.05) is 6.54 Å². The van der Waals surface area contributed by atoms with Crippen LogP contribution in [0.15, 0.2) is 18.2 Å². The molecule has 0 saturated heterocycles. The quantitative estimate of drug-likeness (QED) is 0.207. The fourth-order valence-electron chi connectivity index (χ4n) is 4.90. The van der Waals surface area contributed by atoms with Crippen LogP contribution in [0.1, 0.15) is 129 Å². The first kappa shape index (κ1) is 35.5. The van der Waals surface area contributed by atoms with Crippen molar-refractivity contribution in [3.63, 3.8) is 0 Å². The molecule has 0 heterocycles. The summed E-state index contributed by atoms with van der Waals surface area (Å²) in [6, 6.07) is 4.29. The molecule has 3 amide bonds. The molecule has 228 valence electrons. The van der Waals surface area contributed by atoms with E-state index in [2.05, 4.69) is 24.5 Å². The van der Waals surface area contributed by atoms with Gasteiger partial charge in [-0.1, -0.05) is 84.4 Å². The lowest BCUT2D eigenvalue weighted by molar-refractivity contribution is -0.143. The van der Waals surface area contributed by atoms with E-state index in [0.29, 0.717) is 13.0 Å². The molecule has 0 aliphatic carbocycles. The summed E-state index contributed by atoms with van der Waals surface area (Å²) in [7, 11) is 0. The van der Waals surface area contributed by atoms with Gasteiger partial charge >= 0.3 is 6.09 Å². The first-order valence-electron chi connectivity index (χ1n) is 15.4. The van der Waals surface area contributed by atoms with Crippen molar-refractivity contribution in [1.82, 2.24) is 15.5 Å². The van der Waals surface area contributed by atoms with E-state index in [1.54, 1.807) is 25.7 Å². The molecule has 7 nitrogen and oxygen atoms in total. The Balaban J connectivity index is 3.60. The lowest BCUT2D eigenvalue weighted by Crippen LogP contribution is -2.56. The SMILES string of the molecule is CCCCCCCN(C(=O)C(NC(=O)OC(C)(C)C)C(C)CC)C(C(=O)NC(C)CCC)c1cccc(C)c1C. The Hall–Kier alpha value is -2.57. The molecule has 40 heavy (non-hydrogen) atoms. The largest absolute Gasteiger partial charge is 0.444 e. The average Bonchev–Trinajstić information content (AvgIpc) is 2.86. The van der Waals surface area contributed by atoms with E-state index >= 15 is 0 Å². The van der Waals surface area contributed by atoms with Crippen LogP contribution >= 0.6 is 0 Å². The first-order chi connectivity index (χ1) is 18.8. The van der Waals surface area contributed by atoms with Gasteiger partial charge in [-0.25, -0.2) is 4.79 Å². The molecule has 1 aromatic carbocycles. The summed E-state index contributed by atoms with van der Waals surface area (Å²) in [5, 5.41) is 6.04. The minimum absolute atomic E-state index is 0.0168. The van der Waals surface area contributed by atoms with Crippen molar-refractivity contribution in [1.29, 1.82) is 0 Å². The molecule has 4 unspecified atom stereocenters. The van der Waals surface area contributed by atoms with Crippen LogP contribution in [0, 0.1) is 19.8 Å². The summed E-state index contributed by atoms with van der Waals surface area (Å²) >= 11 is 0. The van der Waals surface area contributed by atoms with E-state index < -0.39 is 23.8 Å². The van der Waals surface area contributed by atoms with Crippen molar-refractivity contribution >= 4 is 17.9 Å². The van der Waals surface area contributed by atoms with Crippen molar-refractivity contribution in [2.24, 2.45) is 5.92 Å². The number of nitrogens with one attached hydrogen (secondary N) is 2. The molecule has 4 atom stereocenters. The molecule has 0 radical (unpaired) electrons. The maximum Gasteiger partial charge on any atom is 0.408 e. The molecule has 0 bridgehead atoms. The number of rotatable bonds is 16. The van der Waals surface area contributed by atoms with Crippen LogP contribution in [0.5, 0.6) is 0 Å². The molecular formula is C33H57N3O4. The summed E-state index contributed by atoms with van der Waals surface area (Å²) in [4.78, 5) is 43.1. The fraction of sp³-hybridized carbons (Fsp3) is 0.727. The highest BCUT2D eigenvalue weighted by Crippen LogP contribution is 2.29. The van der Waals surface area contributed by atoms with Gasteiger partial charge in [-0.2, -0.15) is 0 Å². The molecule has 0 spiro atoms. The van der Waals surface area contributed by atoms with Gasteiger partial charge in [0.15, 0.2) is 0 Å². The van der Waals surface area contributed by atoms with Gasteiger partial charge < -0.3 is 20.3 Å². The van der Waals surface area contributed by atoms with E-state index in [1.165, 1.54) is 0 Å². The van der Waals surface area contributed by atoms with Crippen molar-refractivity contribution < 1.29 is 19.1 Å². The maximum absolute atomic E-state index is 14.5. The second-order valence-electron chi connectivity index (χ2n) is 12.3. The zero-order valence-corrected chi connectivity index (χ0v) is 27.0. The summed E-state index contributed by atoms with van der Waals surface area (Å²) in [5.41, 5.74) is 2.19. The predicted octanol–water partition coefficient (Wildman–Crippen LogP) is 7.39. The third-order valence-electron chi connectivity index (χ3n) is 7.55. The Kier molecular flexibility index (Phi) is 15.3. The van der Waals surface area contributed by atoms with Gasteiger partial charge in [0.1, 0.15) is 17.7 Å². The zero-order chi connectivity index (χ0) is 30.5. The number of hydrogen-bond acceptors (Lipinski definition) is 4. The zero-order valence-electron chi connectivity index (χ0n) is 27.0. The number of amides is 3. The standard InChI is InChI=1S/C33H57N3O4/c1-11-14-15-16-17-22-36(31(38)28(23(4)13-3)35-32(39)40-33(8,9)10)29(30(37)34-25(6)19-12-2)27-21-18-20-24(5)26(27)7/h18,20-21,23,25,28-29H,11-17,19,22H2,1-10H3,(H,34,37)(H,35,39). The Bertz CT molecular complexity index is 940. The van der Waals surface area contributed by atoms with Gasteiger partial charge in [0.05, 0.1) is 0 Å². The Morgan fingerprint density at radius 1 is 0.925 bits per heavy atom. The summed E-state index contributed by atoms with van der Waals surface area (Å²) in [6.07, 6.45) is 6.96. The predicted molar refractivity (Wildman–Crippen MR) is 164 cm³/mol. The van der Waals surface area contributed by atoms with E-state index in [-0.39, 0.29) is 23.8 Å². The molecule has 2 N–H and O–H groups in total. The van der Waals surface area contributed by atoms with E-state index in [1.807, 2.05) is 52.8 Å². The fourth-order valence-corrected chi connectivity index (χ4v) is 4.90. The van der Waals surface area contributed by atoms with Crippen LogP contribution in [0.2, 0.25) is 0 Å². The number of alkyl carbamates (subject to hydrolysis) is 1. The van der Waals surface area contributed by atoms with Gasteiger partial charge in [-0.15, -0.1) is 0 Å². The van der Waals surface area contributed by atoms with Crippen molar-refractivity contribution in [2.45, 2.75) is 144 Å². The highest BCUT2D eigenvalue weighted by molar-refractivity contribution is 5.92. The Morgan fingerprint density at radius 3 is 2.15 bits per heavy atom. The molecule has 0 fully saturated rings. The number of ether oxygens (including phenoxy) is 1. The van der Waals surface area contributed by atoms with Gasteiger partial charge in [-0.05, 0) is 77.0 Å². The van der Waals surface area contributed by atoms with Crippen LogP contribution in [0.3, 0.4) is 0 Å². The highest BCUT2D eigenvalue weighted by Gasteiger charge is 2.38. The molecule has 1 rings (SSSR count). The summed E-state index contributed by atoms with van der Waals surface area (Å²) < 4.78 is 5.53. The van der Waals surface area contributed by atoms with Gasteiger partial charge in [0, 0.05) is 12.6 Å². The number of nitrogens with zero attached hydrogens (tertiary/aromatic N) is 1. The maximum atomic E-state index is 14.5. The Morgan fingerprint density at radius 2 is 1.57 bits per heavy atom. The monoisotopic (exact) mass is 559 g/mol. The molecular weight excluding hydrogens is 502 g/mol. The average molecular weight is 560 g/mol. The number of benzene rings is 1. The van der Waals surface area contributed by atoms with Crippen molar-refractivity contribution in [3.05, 3.63) is 34.9 Å². The number of carbonyl (C=O) groups excluding carboxylic acids is 3. The van der Waals surface area contributed by atoms with Crippen LogP contribution < -0.4 is 10.6 Å². The minimum atomic E-state index is -0.816. The normalized spacial score (nSPS) is 14.6. The first-order valence-corrected chi connectivity index (χ1v) is 15.4. The molecule has 0 aliphatic heterocycles. The molecule has 1 aromatic rings. The van der Waals surface area contributed by atoms with Crippen LogP contribution in [0.25, 0.3) is 0 Å². The van der Waals surface area contributed by atoms with E-state index in [4.69, 9.17) is 4.74 Å². The van der Waals surface area contributed by atoms with Gasteiger partial charge in [0.25, 0.3) is 0 Å². The Labute approximate surface area is 244 Å². The number of hydrogen-bond donors (Lipinski definition) is 2. The number of aryl methyl sites for hydroxylation is 1. The lowest BCUT2D eigenvalue weighted by Gasteiger charge is -2.37. The second-order valence-corrected chi connectivity index (χ2v) is 12.3. The van der Waals surface area contributed by atoms with E-state index in [9.17, 15) is 14.4 Å². The molecule has 0 saturated carbocycles. The summed E-state index contributed by atoms with van der Waals surface area (Å²) in [6.45, 7) is 20.1. The van der Waals surface area contributed by atoms with Gasteiger partial charge in [0.2, 0.25) is 11.8 Å². The highest BCUT2D eigenvalue weighted by atomic mass is 16.6. The van der Waals surface area contributed by atoms with Crippen LogP contribution in [0.4, 0.5) is 4.79 Å². The number of carbonyl (C=O) groups is 3. The molecule has 0 aliphatic rings. The summed E-state index contributed by atoms with van der Waals surface area (Å²) in [5.74, 6) is -0.583. The van der Waals surface area contributed by atoms with Crippen LogP contribution in [-0.4, -0.2) is 47.0 Å². The molecule has 7 heteroatoms. The van der Waals surface area contributed by atoms with Crippen molar-refractivity contribution in [3.8, 4) is 0 Å². The second kappa shape index (κ2) is 17.3. The van der Waals surface area contributed by atoms with Crippen LogP contribution in [-0.2, 0) is 14.3 Å². The number of unbranched alkanes of at least 4 members (excludes halogenated alkanes) is 4. The van der Waals surface area contributed by atoms with E-state index in [0.717, 1.165) is 61.6 Å².